The van der Waals surface area contributed by atoms with Gasteiger partial charge in [-0.3, -0.25) is 14.4 Å². The number of hydrogen-bond donors (Lipinski definition) is 5. The first-order chi connectivity index (χ1) is 21.1. The van der Waals surface area contributed by atoms with E-state index in [4.69, 9.17) is 0 Å². The van der Waals surface area contributed by atoms with Crippen molar-refractivity contribution in [3.05, 3.63) is 47.5 Å². The van der Waals surface area contributed by atoms with Gasteiger partial charge in [0.2, 0.25) is 5.91 Å². The van der Waals surface area contributed by atoms with E-state index < -0.39 is 47.8 Å². The molecule has 0 fully saturated rings. The molecule has 3 atom stereocenters. The molecule has 0 spiro atoms. The predicted molar refractivity (Wildman–Crippen MR) is 172 cm³/mol. The number of ketones is 1. The third kappa shape index (κ3) is 14.9. The zero-order chi connectivity index (χ0) is 34.0. The van der Waals surface area contributed by atoms with Crippen LogP contribution in [0.25, 0.3) is 0 Å². The van der Waals surface area contributed by atoms with Crippen LogP contribution >= 0.6 is 0 Å². The highest BCUT2D eigenvalue weighted by atomic mass is 16.4. The molecule has 0 heterocycles. The molecule has 10 nitrogen and oxygen atoms in total. The van der Waals surface area contributed by atoms with Gasteiger partial charge < -0.3 is 25.7 Å². The minimum atomic E-state index is -3.00. The Labute approximate surface area is 267 Å². The van der Waals surface area contributed by atoms with Crippen LogP contribution in [0.2, 0.25) is 0 Å². The number of nitrogens with one attached hydrogen (secondary N) is 1. The highest BCUT2D eigenvalue weighted by Gasteiger charge is 2.49. The van der Waals surface area contributed by atoms with E-state index in [2.05, 4.69) is 12.2 Å². The summed E-state index contributed by atoms with van der Waals surface area (Å²) < 4.78 is 0. The molecular weight excluding hydrogens is 578 g/mol. The predicted octanol–water partition coefficient (Wildman–Crippen LogP) is 5.83. The van der Waals surface area contributed by atoms with Gasteiger partial charge in [0.25, 0.3) is 0 Å². The lowest BCUT2D eigenvalue weighted by Gasteiger charge is -2.29. The third-order valence-electron chi connectivity index (χ3n) is 7.93. The molecule has 0 bridgehead atoms. The summed E-state index contributed by atoms with van der Waals surface area (Å²) in [5.74, 6) is -7.59. The van der Waals surface area contributed by atoms with E-state index in [0.29, 0.717) is 31.2 Å². The fourth-order valence-corrected chi connectivity index (χ4v) is 5.07. The molecule has 1 amide bonds. The van der Waals surface area contributed by atoms with Crippen molar-refractivity contribution in [3.8, 4) is 0 Å². The quantitative estimate of drug-likeness (QED) is 0.0734. The summed E-state index contributed by atoms with van der Waals surface area (Å²) in [6.45, 7) is 8.27. The number of unbranched alkanes of at least 4 members (excludes halogenated alkanes) is 8. The van der Waals surface area contributed by atoms with Gasteiger partial charge in [-0.15, -0.1) is 0 Å². The first-order valence-electron chi connectivity index (χ1n) is 16.1. The van der Waals surface area contributed by atoms with Gasteiger partial charge in [-0.2, -0.15) is 0 Å². The minimum absolute atomic E-state index is 0.103. The molecule has 0 aliphatic rings. The molecule has 1 aromatic rings. The SMILES string of the molecule is CCCCCCCC(=O)CCCCCC/C=C/[C@@H](C(=O)N[C@@H](Cc1ccc(C(C)(C)C)cc1)C(=O)O)[C@@](O)(CC(=O)O)C(=O)O. The van der Waals surface area contributed by atoms with Crippen molar-refractivity contribution in [1.82, 2.24) is 5.32 Å². The van der Waals surface area contributed by atoms with Gasteiger partial charge in [-0.1, -0.05) is 103 Å². The highest BCUT2D eigenvalue weighted by molar-refractivity contribution is 5.94. The maximum atomic E-state index is 13.3. The van der Waals surface area contributed by atoms with Gasteiger partial charge >= 0.3 is 17.9 Å². The van der Waals surface area contributed by atoms with E-state index >= 15 is 0 Å². The summed E-state index contributed by atoms with van der Waals surface area (Å²) in [5, 5.41) is 42.0. The van der Waals surface area contributed by atoms with E-state index in [9.17, 15) is 44.4 Å². The largest absolute Gasteiger partial charge is 0.481 e. The molecule has 10 heteroatoms. The number of hydrogen-bond acceptors (Lipinski definition) is 6. The summed E-state index contributed by atoms with van der Waals surface area (Å²) in [4.78, 5) is 60.8. The molecule has 5 N–H and O–H groups in total. The third-order valence-corrected chi connectivity index (χ3v) is 7.93. The Bertz CT molecular complexity index is 1140. The van der Waals surface area contributed by atoms with Crippen LogP contribution in [0.15, 0.2) is 36.4 Å². The van der Waals surface area contributed by atoms with E-state index in [1.165, 1.54) is 18.9 Å². The van der Waals surface area contributed by atoms with Gasteiger partial charge in [0, 0.05) is 19.3 Å². The fourth-order valence-electron chi connectivity index (χ4n) is 5.07. The maximum absolute atomic E-state index is 13.3. The molecule has 0 saturated heterocycles. The zero-order valence-corrected chi connectivity index (χ0v) is 27.3. The van der Waals surface area contributed by atoms with Gasteiger partial charge in [0.05, 0.1) is 12.3 Å². The second kappa shape index (κ2) is 19.8. The molecule has 0 unspecified atom stereocenters. The van der Waals surface area contributed by atoms with E-state index in [1.54, 1.807) is 12.1 Å². The van der Waals surface area contributed by atoms with Crippen LogP contribution in [0.3, 0.4) is 0 Å². The van der Waals surface area contributed by atoms with Crippen LogP contribution in [-0.4, -0.2) is 61.7 Å². The molecule has 1 rings (SSSR count). The van der Waals surface area contributed by atoms with E-state index in [0.717, 1.165) is 50.2 Å². The van der Waals surface area contributed by atoms with Gasteiger partial charge in [0.1, 0.15) is 11.8 Å². The molecule has 0 aliphatic heterocycles. The topological polar surface area (TPSA) is 178 Å². The lowest BCUT2D eigenvalue weighted by atomic mass is 9.82. The van der Waals surface area contributed by atoms with Crippen molar-refractivity contribution in [3.63, 3.8) is 0 Å². The van der Waals surface area contributed by atoms with Gasteiger partial charge in [0.15, 0.2) is 5.60 Å². The minimum Gasteiger partial charge on any atom is -0.481 e. The van der Waals surface area contributed by atoms with Crippen molar-refractivity contribution in [2.45, 2.75) is 135 Å². The molecule has 1 aromatic carbocycles. The van der Waals surface area contributed by atoms with Crippen molar-refractivity contribution in [2.24, 2.45) is 5.92 Å². The van der Waals surface area contributed by atoms with Crippen LogP contribution in [0, 0.1) is 5.92 Å². The Morgan fingerprint density at radius 2 is 1.38 bits per heavy atom. The molecule has 45 heavy (non-hydrogen) atoms. The number of carbonyl (C=O) groups is 5. The lowest BCUT2D eigenvalue weighted by molar-refractivity contribution is -0.172. The number of aliphatic carboxylic acids is 3. The molecule has 0 aromatic heterocycles. The Kier molecular flexibility index (Phi) is 17.4. The first kappa shape index (κ1) is 39.5. The Hall–Kier alpha value is -3.53. The normalized spacial score (nSPS) is 14.4. The molecule has 0 aliphatic carbocycles. The van der Waals surface area contributed by atoms with E-state index in [-0.39, 0.29) is 17.6 Å². The maximum Gasteiger partial charge on any atom is 0.337 e. The van der Waals surface area contributed by atoms with Crippen molar-refractivity contribution >= 4 is 29.6 Å². The number of benzene rings is 1. The second-order valence-electron chi connectivity index (χ2n) is 12.9. The number of Topliss-reactive ketones (excluding diaryl/α,β-unsaturated/α-hetero) is 1. The highest BCUT2D eigenvalue weighted by Crippen LogP contribution is 2.26. The van der Waals surface area contributed by atoms with Crippen molar-refractivity contribution in [1.29, 1.82) is 0 Å². The molecule has 252 valence electrons. The molecule has 0 radical (unpaired) electrons. The summed E-state index contributed by atoms with van der Waals surface area (Å²) in [5.41, 5.74) is -1.46. The van der Waals surface area contributed by atoms with Gasteiger partial charge in [-0.05, 0) is 42.2 Å². The zero-order valence-electron chi connectivity index (χ0n) is 27.3. The number of aliphatic hydroxyl groups is 1. The number of rotatable bonds is 23. The van der Waals surface area contributed by atoms with Gasteiger partial charge in [-0.25, -0.2) is 9.59 Å². The standard InChI is InChI=1S/C35H53NO9/c1-5-6-7-10-13-16-27(37)17-14-11-8-9-12-15-18-28(35(45,33(43)44)24-30(38)39)31(40)36-29(32(41)42)23-25-19-21-26(22-20-25)34(2,3)4/h15,18-22,28-29,45H,5-14,16-17,23-24H2,1-4H3,(H,36,40)(H,38,39)(H,41,42)(H,43,44)/b18-15+/t28-,29-,35-/m0/s1. The molecular formula is C35H53NO9. The number of carboxylic acid groups (broad SMARTS) is 3. The fraction of sp³-hybridized carbons (Fsp3) is 0.629. The average Bonchev–Trinajstić information content (AvgIpc) is 2.95. The second-order valence-corrected chi connectivity index (χ2v) is 12.9. The Morgan fingerprint density at radius 1 is 0.822 bits per heavy atom. The van der Waals surface area contributed by atoms with Crippen molar-refractivity contribution < 1.29 is 44.4 Å². The summed E-state index contributed by atoms with van der Waals surface area (Å²) in [6.07, 6.45) is 11.4. The van der Waals surface area contributed by atoms with Crippen LogP contribution < -0.4 is 5.32 Å². The van der Waals surface area contributed by atoms with Crippen LogP contribution in [0.5, 0.6) is 0 Å². The summed E-state index contributed by atoms with van der Waals surface area (Å²) >= 11 is 0. The number of allylic oxidation sites excluding steroid dienone is 1. The number of carbonyl (C=O) groups excluding carboxylic acids is 2. The number of carboxylic acids is 3. The Morgan fingerprint density at radius 3 is 1.87 bits per heavy atom. The average molecular weight is 632 g/mol. The smallest absolute Gasteiger partial charge is 0.337 e. The van der Waals surface area contributed by atoms with Crippen LogP contribution in [0.4, 0.5) is 0 Å². The van der Waals surface area contributed by atoms with Crippen LogP contribution in [-0.2, 0) is 35.8 Å². The lowest BCUT2D eigenvalue weighted by Crippen LogP contribution is -2.55. The molecule has 0 saturated carbocycles. The summed E-state index contributed by atoms with van der Waals surface area (Å²) in [7, 11) is 0. The van der Waals surface area contributed by atoms with E-state index in [1.807, 2.05) is 32.9 Å². The summed E-state index contributed by atoms with van der Waals surface area (Å²) in [6, 6.07) is 5.79. The van der Waals surface area contributed by atoms with Crippen LogP contribution in [0.1, 0.15) is 122 Å². The Balaban J connectivity index is 2.85. The monoisotopic (exact) mass is 631 g/mol. The number of amides is 1. The van der Waals surface area contributed by atoms with Crippen molar-refractivity contribution in [2.75, 3.05) is 0 Å². The first-order valence-corrected chi connectivity index (χ1v) is 16.1.